The van der Waals surface area contributed by atoms with Gasteiger partial charge >= 0.3 is 5.97 Å². The number of carbonyl (C=O) groups is 1. The van der Waals surface area contributed by atoms with Gasteiger partial charge in [-0.15, -0.1) is 0 Å². The van der Waals surface area contributed by atoms with E-state index in [4.69, 9.17) is 4.74 Å². The van der Waals surface area contributed by atoms with Gasteiger partial charge in [0.05, 0.1) is 0 Å². The SMILES string of the molecule is C=CC(=O)O/C=C\Oc1cccc2c(O)cccc12. The summed E-state index contributed by atoms with van der Waals surface area (Å²) in [6.07, 6.45) is 3.44. The summed E-state index contributed by atoms with van der Waals surface area (Å²) < 4.78 is 10.0. The Labute approximate surface area is 110 Å². The molecule has 0 amide bonds. The molecular weight excluding hydrogens is 244 g/mol. The quantitative estimate of drug-likeness (QED) is 0.518. The largest absolute Gasteiger partial charge is 0.507 e. The van der Waals surface area contributed by atoms with Gasteiger partial charge in [0.25, 0.3) is 0 Å². The average Bonchev–Trinajstić information content (AvgIpc) is 2.44. The summed E-state index contributed by atoms with van der Waals surface area (Å²) in [5.41, 5.74) is 0. The molecule has 4 nitrogen and oxygen atoms in total. The van der Waals surface area contributed by atoms with E-state index >= 15 is 0 Å². The lowest BCUT2D eigenvalue weighted by atomic mass is 10.1. The van der Waals surface area contributed by atoms with Crippen LogP contribution in [0.15, 0.2) is 61.6 Å². The summed E-state index contributed by atoms with van der Waals surface area (Å²) in [4.78, 5) is 10.8. The minimum Gasteiger partial charge on any atom is -0.507 e. The highest BCUT2D eigenvalue weighted by Crippen LogP contribution is 2.31. The van der Waals surface area contributed by atoms with Crippen molar-refractivity contribution in [2.45, 2.75) is 0 Å². The molecule has 2 rings (SSSR count). The van der Waals surface area contributed by atoms with Gasteiger partial charge in [0.15, 0.2) is 0 Å². The predicted molar refractivity (Wildman–Crippen MR) is 71.7 cm³/mol. The highest BCUT2D eigenvalue weighted by atomic mass is 16.5. The monoisotopic (exact) mass is 256 g/mol. The van der Waals surface area contributed by atoms with Crippen LogP contribution < -0.4 is 4.74 Å². The van der Waals surface area contributed by atoms with Crippen LogP contribution in [-0.4, -0.2) is 11.1 Å². The smallest absolute Gasteiger partial charge is 0.335 e. The number of benzene rings is 2. The Kier molecular flexibility index (Phi) is 3.83. The van der Waals surface area contributed by atoms with Gasteiger partial charge in [0, 0.05) is 16.8 Å². The van der Waals surface area contributed by atoms with E-state index in [0.717, 1.165) is 17.7 Å². The highest BCUT2D eigenvalue weighted by Gasteiger charge is 2.03. The Hall–Kier alpha value is -2.75. The summed E-state index contributed by atoms with van der Waals surface area (Å²) >= 11 is 0. The summed E-state index contributed by atoms with van der Waals surface area (Å²) in [6.45, 7) is 3.27. The van der Waals surface area contributed by atoms with Crippen molar-refractivity contribution < 1.29 is 19.4 Å². The van der Waals surface area contributed by atoms with Crippen LogP contribution in [0.5, 0.6) is 11.5 Å². The number of fused-ring (bicyclic) bond motifs is 1. The van der Waals surface area contributed by atoms with Gasteiger partial charge in [0.1, 0.15) is 24.0 Å². The Balaban J connectivity index is 2.19. The first-order chi connectivity index (χ1) is 9.22. The third-order valence-electron chi connectivity index (χ3n) is 2.46. The molecule has 0 bridgehead atoms. The summed E-state index contributed by atoms with van der Waals surface area (Å²) in [7, 11) is 0. The van der Waals surface area contributed by atoms with E-state index in [1.807, 2.05) is 6.07 Å². The summed E-state index contributed by atoms with van der Waals surface area (Å²) in [5, 5.41) is 11.2. The van der Waals surface area contributed by atoms with Gasteiger partial charge in [-0.25, -0.2) is 4.79 Å². The van der Waals surface area contributed by atoms with Crippen molar-refractivity contribution in [1.82, 2.24) is 0 Å². The Morgan fingerprint density at radius 2 is 1.84 bits per heavy atom. The zero-order valence-corrected chi connectivity index (χ0v) is 10.1. The third-order valence-corrected chi connectivity index (χ3v) is 2.46. The Morgan fingerprint density at radius 3 is 2.63 bits per heavy atom. The first-order valence-corrected chi connectivity index (χ1v) is 5.58. The second-order valence-electron chi connectivity index (χ2n) is 3.66. The van der Waals surface area contributed by atoms with E-state index in [1.54, 1.807) is 30.3 Å². The molecule has 2 aromatic rings. The predicted octanol–water partition coefficient (Wildman–Crippen LogP) is 3.12. The number of phenolic OH excluding ortho intramolecular Hbond substituents is 1. The van der Waals surface area contributed by atoms with E-state index in [2.05, 4.69) is 11.3 Å². The van der Waals surface area contributed by atoms with Crippen molar-refractivity contribution in [2.24, 2.45) is 0 Å². The fourth-order valence-corrected chi connectivity index (χ4v) is 1.61. The second-order valence-corrected chi connectivity index (χ2v) is 3.66. The third kappa shape index (κ3) is 2.93. The minimum atomic E-state index is -0.560. The molecule has 19 heavy (non-hydrogen) atoms. The van der Waals surface area contributed by atoms with Crippen LogP contribution in [0.3, 0.4) is 0 Å². The van der Waals surface area contributed by atoms with Crippen molar-refractivity contribution in [3.8, 4) is 11.5 Å². The van der Waals surface area contributed by atoms with Crippen LogP contribution >= 0.6 is 0 Å². The van der Waals surface area contributed by atoms with E-state index in [9.17, 15) is 9.90 Å². The molecule has 1 N–H and O–H groups in total. The van der Waals surface area contributed by atoms with Gasteiger partial charge < -0.3 is 14.6 Å². The summed E-state index contributed by atoms with van der Waals surface area (Å²) in [6, 6.07) is 10.5. The van der Waals surface area contributed by atoms with Crippen molar-refractivity contribution in [1.29, 1.82) is 0 Å². The van der Waals surface area contributed by atoms with Crippen LogP contribution in [-0.2, 0) is 9.53 Å². The van der Waals surface area contributed by atoms with Crippen molar-refractivity contribution in [3.05, 3.63) is 61.6 Å². The normalized spacial score (nSPS) is 10.5. The minimum absolute atomic E-state index is 0.185. The maximum atomic E-state index is 10.8. The Bertz CT molecular complexity index is 644. The van der Waals surface area contributed by atoms with Crippen molar-refractivity contribution >= 4 is 16.7 Å². The number of rotatable bonds is 4. The molecule has 4 heteroatoms. The van der Waals surface area contributed by atoms with E-state index < -0.39 is 5.97 Å². The molecule has 0 fully saturated rings. The highest BCUT2D eigenvalue weighted by molar-refractivity contribution is 5.92. The van der Waals surface area contributed by atoms with Crippen molar-refractivity contribution in [3.63, 3.8) is 0 Å². The van der Waals surface area contributed by atoms with Crippen LogP contribution in [0.25, 0.3) is 10.8 Å². The standard InChI is InChI=1S/C15H12O4/c1-2-15(17)19-10-9-18-14-8-4-5-11-12(14)6-3-7-13(11)16/h2-10,16H,1H2/b10-9-. The lowest BCUT2D eigenvalue weighted by Crippen LogP contribution is -1.93. The van der Waals surface area contributed by atoms with Crippen molar-refractivity contribution in [2.75, 3.05) is 0 Å². The topological polar surface area (TPSA) is 55.8 Å². The van der Waals surface area contributed by atoms with E-state index in [0.29, 0.717) is 11.1 Å². The van der Waals surface area contributed by atoms with Gasteiger partial charge in [-0.3, -0.25) is 0 Å². The molecule has 0 aliphatic heterocycles. The molecule has 0 aromatic heterocycles. The van der Waals surface area contributed by atoms with Gasteiger partial charge in [-0.2, -0.15) is 0 Å². The Morgan fingerprint density at radius 1 is 1.11 bits per heavy atom. The maximum Gasteiger partial charge on any atom is 0.335 e. The number of aromatic hydroxyl groups is 1. The van der Waals surface area contributed by atoms with Gasteiger partial charge in [0.2, 0.25) is 0 Å². The fourth-order valence-electron chi connectivity index (χ4n) is 1.61. The zero-order chi connectivity index (χ0) is 13.7. The number of esters is 1. The molecule has 0 unspecified atom stereocenters. The van der Waals surface area contributed by atoms with Crippen LogP contribution in [0.4, 0.5) is 0 Å². The number of hydrogen-bond acceptors (Lipinski definition) is 4. The fraction of sp³-hybridized carbons (Fsp3) is 0. The molecule has 0 aliphatic carbocycles. The van der Waals surface area contributed by atoms with Crippen LogP contribution in [0, 0.1) is 0 Å². The average molecular weight is 256 g/mol. The van der Waals surface area contributed by atoms with Crippen LogP contribution in [0.1, 0.15) is 0 Å². The number of carbonyl (C=O) groups excluding carboxylic acids is 1. The molecule has 2 aromatic carbocycles. The second kappa shape index (κ2) is 5.73. The molecule has 0 saturated heterocycles. The molecular formula is C15H12O4. The summed E-state index contributed by atoms with van der Waals surface area (Å²) in [5.74, 6) is 0.180. The van der Waals surface area contributed by atoms with E-state index in [1.165, 1.54) is 6.26 Å². The molecule has 96 valence electrons. The van der Waals surface area contributed by atoms with Gasteiger partial charge in [-0.1, -0.05) is 30.8 Å². The lowest BCUT2D eigenvalue weighted by Gasteiger charge is -2.06. The molecule has 0 aliphatic rings. The molecule has 0 radical (unpaired) electrons. The molecule has 0 atom stereocenters. The zero-order valence-electron chi connectivity index (χ0n) is 10.1. The number of phenols is 1. The molecule has 0 spiro atoms. The molecule has 0 saturated carbocycles. The first kappa shape index (κ1) is 12.7. The van der Waals surface area contributed by atoms with E-state index in [-0.39, 0.29) is 5.75 Å². The lowest BCUT2D eigenvalue weighted by molar-refractivity contribution is -0.132. The van der Waals surface area contributed by atoms with Gasteiger partial charge in [-0.05, 0) is 12.1 Å². The maximum absolute atomic E-state index is 10.8. The number of hydrogen-bond donors (Lipinski definition) is 1. The van der Waals surface area contributed by atoms with Crippen LogP contribution in [0.2, 0.25) is 0 Å². The molecule has 0 heterocycles. The first-order valence-electron chi connectivity index (χ1n) is 5.58. The number of ether oxygens (including phenoxy) is 2.